The summed E-state index contributed by atoms with van der Waals surface area (Å²) < 4.78 is 5.12. The second-order valence-corrected chi connectivity index (χ2v) is 5.92. The molecule has 1 aromatic carbocycles. The number of urea groups is 1. The molecule has 1 fully saturated rings. The largest absolute Gasteiger partial charge is 0.497 e. The number of rotatable bonds is 4. The fourth-order valence-corrected chi connectivity index (χ4v) is 2.76. The van der Waals surface area contributed by atoms with Crippen LogP contribution in [-0.2, 0) is 4.79 Å². The summed E-state index contributed by atoms with van der Waals surface area (Å²) in [4.78, 5) is 30.1. The number of aromatic nitrogens is 1. The maximum absolute atomic E-state index is 12.2. The van der Waals surface area contributed by atoms with Gasteiger partial charge in [-0.15, -0.1) is 0 Å². The second kappa shape index (κ2) is 7.21. The van der Waals surface area contributed by atoms with Crippen molar-refractivity contribution in [2.45, 2.75) is 19.4 Å². The van der Waals surface area contributed by atoms with E-state index >= 15 is 0 Å². The van der Waals surface area contributed by atoms with Crippen LogP contribution < -0.4 is 20.3 Å². The fourth-order valence-electron chi connectivity index (χ4n) is 2.76. The van der Waals surface area contributed by atoms with Crippen molar-refractivity contribution < 1.29 is 14.3 Å². The zero-order chi connectivity index (χ0) is 17.8. The van der Waals surface area contributed by atoms with Crippen molar-refractivity contribution in [2.75, 3.05) is 23.9 Å². The van der Waals surface area contributed by atoms with Gasteiger partial charge in [0.15, 0.2) is 0 Å². The first kappa shape index (κ1) is 16.8. The van der Waals surface area contributed by atoms with Crippen molar-refractivity contribution in [3.63, 3.8) is 0 Å². The minimum Gasteiger partial charge on any atom is -0.497 e. The number of anilines is 2. The highest BCUT2D eigenvalue weighted by atomic mass is 16.5. The molecule has 2 N–H and O–H groups in total. The number of ether oxygens (including phenoxy) is 1. The van der Waals surface area contributed by atoms with E-state index in [4.69, 9.17) is 4.74 Å². The minimum atomic E-state index is -0.368. The molecule has 1 aliphatic rings. The Morgan fingerprint density at radius 1 is 1.28 bits per heavy atom. The number of methoxy groups -OCH3 is 1. The van der Waals surface area contributed by atoms with Crippen molar-refractivity contribution in [3.05, 3.63) is 48.2 Å². The molecule has 0 bridgehead atoms. The Morgan fingerprint density at radius 3 is 2.72 bits per heavy atom. The SMILES string of the molecule is COc1ccc(N2C[C@H](NC(=O)Nc3cc(C)ccn3)CC2=O)cc1. The Kier molecular flexibility index (Phi) is 4.83. The van der Waals surface area contributed by atoms with E-state index < -0.39 is 0 Å². The molecule has 1 saturated heterocycles. The van der Waals surface area contributed by atoms with Crippen LogP contribution in [0.15, 0.2) is 42.6 Å². The number of pyridine rings is 1. The van der Waals surface area contributed by atoms with Gasteiger partial charge >= 0.3 is 6.03 Å². The van der Waals surface area contributed by atoms with Gasteiger partial charge in [0.1, 0.15) is 11.6 Å². The zero-order valence-corrected chi connectivity index (χ0v) is 14.2. The number of aryl methyl sites for hydroxylation is 1. The number of amides is 3. The van der Waals surface area contributed by atoms with Crippen molar-refractivity contribution in [3.8, 4) is 5.75 Å². The molecule has 0 spiro atoms. The van der Waals surface area contributed by atoms with E-state index in [9.17, 15) is 9.59 Å². The molecule has 130 valence electrons. The Labute approximate surface area is 146 Å². The molecule has 0 saturated carbocycles. The average Bonchev–Trinajstić information content (AvgIpc) is 2.95. The van der Waals surface area contributed by atoms with Gasteiger partial charge in [0, 0.05) is 24.8 Å². The van der Waals surface area contributed by atoms with Crippen LogP contribution in [0.4, 0.5) is 16.3 Å². The summed E-state index contributed by atoms with van der Waals surface area (Å²) in [6, 6.07) is 10.3. The molecule has 1 aliphatic heterocycles. The summed E-state index contributed by atoms with van der Waals surface area (Å²) >= 11 is 0. The van der Waals surface area contributed by atoms with Crippen LogP contribution in [-0.4, -0.2) is 36.6 Å². The average molecular weight is 340 g/mol. The van der Waals surface area contributed by atoms with E-state index in [0.717, 1.165) is 17.0 Å². The molecule has 1 atom stereocenters. The van der Waals surface area contributed by atoms with Gasteiger partial charge in [-0.2, -0.15) is 0 Å². The summed E-state index contributed by atoms with van der Waals surface area (Å²) in [6.07, 6.45) is 1.90. The molecule has 0 unspecified atom stereocenters. The lowest BCUT2D eigenvalue weighted by Gasteiger charge is -2.17. The normalized spacial score (nSPS) is 16.6. The monoisotopic (exact) mass is 340 g/mol. The predicted octanol–water partition coefficient (Wildman–Crippen LogP) is 2.33. The molecule has 3 rings (SSSR count). The highest BCUT2D eigenvalue weighted by Gasteiger charge is 2.31. The van der Waals surface area contributed by atoms with Crippen LogP contribution in [0.25, 0.3) is 0 Å². The van der Waals surface area contributed by atoms with Gasteiger partial charge in [-0.05, 0) is 48.9 Å². The third-order valence-corrected chi connectivity index (χ3v) is 4.00. The van der Waals surface area contributed by atoms with E-state index in [1.165, 1.54) is 0 Å². The first-order chi connectivity index (χ1) is 12.0. The lowest BCUT2D eigenvalue weighted by molar-refractivity contribution is -0.117. The van der Waals surface area contributed by atoms with Crippen LogP contribution >= 0.6 is 0 Å². The van der Waals surface area contributed by atoms with E-state index in [1.807, 2.05) is 25.1 Å². The third kappa shape index (κ3) is 4.06. The van der Waals surface area contributed by atoms with Crippen LogP contribution in [0.3, 0.4) is 0 Å². The first-order valence-corrected chi connectivity index (χ1v) is 8.00. The molecule has 2 aromatic rings. The summed E-state index contributed by atoms with van der Waals surface area (Å²) in [7, 11) is 1.59. The number of hydrogen-bond acceptors (Lipinski definition) is 4. The van der Waals surface area contributed by atoms with Gasteiger partial charge in [-0.25, -0.2) is 9.78 Å². The van der Waals surface area contributed by atoms with Crippen LogP contribution in [0.5, 0.6) is 5.75 Å². The Hall–Kier alpha value is -3.09. The first-order valence-electron chi connectivity index (χ1n) is 8.00. The highest BCUT2D eigenvalue weighted by molar-refractivity contribution is 5.97. The quantitative estimate of drug-likeness (QED) is 0.895. The van der Waals surface area contributed by atoms with Crippen molar-refractivity contribution >= 4 is 23.4 Å². The molecule has 2 heterocycles. The topological polar surface area (TPSA) is 83.6 Å². The Bertz CT molecular complexity index is 776. The number of carbonyl (C=O) groups excluding carboxylic acids is 2. The number of hydrogen-bond donors (Lipinski definition) is 2. The number of nitrogens with one attached hydrogen (secondary N) is 2. The van der Waals surface area contributed by atoms with Crippen LogP contribution in [0.2, 0.25) is 0 Å². The zero-order valence-electron chi connectivity index (χ0n) is 14.2. The fraction of sp³-hybridized carbons (Fsp3) is 0.278. The Balaban J connectivity index is 1.59. The van der Waals surface area contributed by atoms with Crippen molar-refractivity contribution in [2.24, 2.45) is 0 Å². The Morgan fingerprint density at radius 2 is 2.04 bits per heavy atom. The summed E-state index contributed by atoms with van der Waals surface area (Å²) in [5.41, 5.74) is 1.79. The molecular formula is C18H20N4O3. The molecule has 0 radical (unpaired) electrons. The predicted molar refractivity (Wildman–Crippen MR) is 94.9 cm³/mol. The number of nitrogens with zero attached hydrogens (tertiary/aromatic N) is 2. The molecule has 3 amide bonds. The van der Waals surface area contributed by atoms with Crippen LogP contribution in [0, 0.1) is 6.92 Å². The summed E-state index contributed by atoms with van der Waals surface area (Å²) in [5, 5.41) is 5.51. The highest BCUT2D eigenvalue weighted by Crippen LogP contribution is 2.24. The van der Waals surface area contributed by atoms with E-state index in [1.54, 1.807) is 36.4 Å². The van der Waals surface area contributed by atoms with Crippen LogP contribution in [0.1, 0.15) is 12.0 Å². The van der Waals surface area contributed by atoms with E-state index in [0.29, 0.717) is 12.4 Å². The van der Waals surface area contributed by atoms with Crippen molar-refractivity contribution in [1.29, 1.82) is 0 Å². The lowest BCUT2D eigenvalue weighted by atomic mass is 10.2. The number of benzene rings is 1. The summed E-state index contributed by atoms with van der Waals surface area (Å²) in [6.45, 7) is 2.35. The smallest absolute Gasteiger partial charge is 0.320 e. The lowest BCUT2D eigenvalue weighted by Crippen LogP contribution is -2.39. The number of carbonyl (C=O) groups is 2. The van der Waals surface area contributed by atoms with E-state index in [2.05, 4.69) is 15.6 Å². The molecule has 0 aliphatic carbocycles. The van der Waals surface area contributed by atoms with Gasteiger partial charge in [0.2, 0.25) is 5.91 Å². The van der Waals surface area contributed by atoms with Gasteiger partial charge in [0.25, 0.3) is 0 Å². The summed E-state index contributed by atoms with van der Waals surface area (Å²) in [5.74, 6) is 1.19. The minimum absolute atomic E-state index is 0.0239. The molecule has 1 aromatic heterocycles. The maximum Gasteiger partial charge on any atom is 0.320 e. The van der Waals surface area contributed by atoms with Gasteiger partial charge in [-0.3, -0.25) is 10.1 Å². The third-order valence-electron chi connectivity index (χ3n) is 4.00. The van der Waals surface area contributed by atoms with Gasteiger partial charge < -0.3 is 15.0 Å². The van der Waals surface area contributed by atoms with Gasteiger partial charge in [-0.1, -0.05) is 0 Å². The molecule has 25 heavy (non-hydrogen) atoms. The molecule has 7 heteroatoms. The van der Waals surface area contributed by atoms with Gasteiger partial charge in [0.05, 0.1) is 13.2 Å². The molecular weight excluding hydrogens is 320 g/mol. The van der Waals surface area contributed by atoms with Crippen molar-refractivity contribution in [1.82, 2.24) is 10.3 Å². The van der Waals surface area contributed by atoms with E-state index in [-0.39, 0.29) is 24.4 Å². The second-order valence-electron chi connectivity index (χ2n) is 5.92. The maximum atomic E-state index is 12.2. The standard InChI is InChI=1S/C18H20N4O3/c1-12-7-8-19-16(9-12)21-18(24)20-13-10-17(23)22(11-13)14-3-5-15(25-2)6-4-14/h3-9,13H,10-11H2,1-2H3,(H2,19,20,21,24)/t13-/m1/s1. The molecule has 7 nitrogen and oxygen atoms in total.